The van der Waals surface area contributed by atoms with Crippen molar-refractivity contribution < 1.29 is 0 Å². The number of rotatable bonds is 11. The Morgan fingerprint density at radius 1 is 0.429 bits per heavy atom. The van der Waals surface area contributed by atoms with Crippen LogP contribution in [0.25, 0.3) is 32.7 Å². The van der Waals surface area contributed by atoms with Gasteiger partial charge in [0.15, 0.2) is 0 Å². The number of hydrogen-bond donors (Lipinski definition) is 2. The summed E-state index contributed by atoms with van der Waals surface area (Å²) in [6.07, 6.45) is 2.26. The molecule has 4 heteroatoms. The molecule has 0 amide bonds. The third-order valence-electron chi connectivity index (χ3n) is 8.03. The number of benzene rings is 6. The van der Waals surface area contributed by atoms with Crippen molar-refractivity contribution in [2.24, 2.45) is 0 Å². The predicted molar refractivity (Wildman–Crippen MR) is 191 cm³/mol. The van der Waals surface area contributed by atoms with E-state index in [0.717, 1.165) is 25.4 Å². The van der Waals surface area contributed by atoms with E-state index in [1.807, 2.05) is 0 Å². The van der Waals surface area contributed by atoms with Crippen molar-refractivity contribution in [1.82, 2.24) is 0 Å². The van der Waals surface area contributed by atoms with E-state index in [1.54, 1.807) is 0 Å². The monoisotopic (exact) mass is 584 g/mol. The van der Waals surface area contributed by atoms with E-state index in [0.29, 0.717) is 0 Å². The molecule has 6 aromatic rings. The molecule has 0 aliphatic rings. The molecule has 6 rings (SSSR count). The summed E-state index contributed by atoms with van der Waals surface area (Å²) in [5.41, 5.74) is 4.97. The van der Waals surface area contributed by atoms with E-state index in [9.17, 15) is 0 Å². The van der Waals surface area contributed by atoms with Crippen molar-refractivity contribution >= 4 is 59.4 Å². The summed E-state index contributed by atoms with van der Waals surface area (Å²) in [7, 11) is -0.423. The lowest BCUT2D eigenvalue weighted by atomic mass is 9.91. The molecule has 6 aromatic carbocycles. The molecule has 2 N–H and O–H groups in total. The van der Waals surface area contributed by atoms with Gasteiger partial charge in [-0.1, -0.05) is 137 Å². The van der Waals surface area contributed by atoms with Gasteiger partial charge in [0.25, 0.3) is 0 Å². The maximum Gasteiger partial charge on any atom is 0.0427 e. The third-order valence-corrected chi connectivity index (χ3v) is 12.2. The van der Waals surface area contributed by atoms with Crippen LogP contribution < -0.4 is 21.2 Å². The van der Waals surface area contributed by atoms with Crippen LogP contribution in [0.1, 0.15) is 0 Å². The second-order valence-electron chi connectivity index (χ2n) is 10.8. The maximum atomic E-state index is 3.88. The van der Waals surface area contributed by atoms with Gasteiger partial charge in [0.1, 0.15) is 0 Å². The lowest BCUT2D eigenvalue weighted by Crippen LogP contribution is -2.12. The van der Waals surface area contributed by atoms with Gasteiger partial charge in [-0.05, 0) is 69.9 Å². The Bertz CT molecular complexity index is 1640. The predicted octanol–water partition coefficient (Wildman–Crippen LogP) is 9.36. The highest BCUT2D eigenvalue weighted by atomic mass is 31.1. The summed E-state index contributed by atoms with van der Waals surface area (Å²) in [4.78, 5) is 0. The van der Waals surface area contributed by atoms with Gasteiger partial charge in [-0.25, -0.2) is 0 Å². The Balaban J connectivity index is 1.36. The van der Waals surface area contributed by atoms with Crippen LogP contribution in [0.2, 0.25) is 0 Å². The van der Waals surface area contributed by atoms with Crippen LogP contribution in [-0.4, -0.2) is 38.7 Å². The SMILES string of the molecule is CP(CCNc1ccc2ccccc2c1-c1c(NCCP(C)c2ccccc2)ccc2ccccc12)c1ccccc1. The normalized spacial score (nSPS) is 12.7. The van der Waals surface area contributed by atoms with Crippen molar-refractivity contribution in [3.05, 3.63) is 133 Å². The van der Waals surface area contributed by atoms with Crippen LogP contribution in [0.4, 0.5) is 11.4 Å². The molecule has 42 heavy (non-hydrogen) atoms. The van der Waals surface area contributed by atoms with E-state index in [-0.39, 0.29) is 15.8 Å². The van der Waals surface area contributed by atoms with Gasteiger partial charge < -0.3 is 10.6 Å². The minimum atomic E-state index is -0.212. The van der Waals surface area contributed by atoms with Crippen molar-refractivity contribution in [3.63, 3.8) is 0 Å². The first-order valence-electron chi connectivity index (χ1n) is 14.7. The van der Waals surface area contributed by atoms with E-state index in [4.69, 9.17) is 0 Å². The Morgan fingerprint density at radius 2 is 0.810 bits per heavy atom. The van der Waals surface area contributed by atoms with Crippen LogP contribution in [-0.2, 0) is 0 Å². The average Bonchev–Trinajstić information content (AvgIpc) is 3.05. The third kappa shape index (κ3) is 6.37. The summed E-state index contributed by atoms with van der Waals surface area (Å²) >= 11 is 0. The zero-order chi connectivity index (χ0) is 28.7. The minimum absolute atomic E-state index is 0.212. The minimum Gasteiger partial charge on any atom is -0.384 e. The van der Waals surface area contributed by atoms with Gasteiger partial charge in [-0.2, -0.15) is 0 Å². The fourth-order valence-corrected chi connectivity index (χ4v) is 8.49. The standard InChI is InChI=1S/C38H38N2P2/c1-41(31-15-5-3-6-16-31)27-25-39-35-23-21-29-13-9-11-19-33(29)37(35)38-34-20-12-10-14-30(34)22-24-36(38)40-26-28-42(2)32-17-7-4-8-18-32/h3-24,39-40H,25-28H2,1-2H3. The summed E-state index contributed by atoms with van der Waals surface area (Å²) in [6.45, 7) is 6.65. The zero-order valence-electron chi connectivity index (χ0n) is 24.4. The molecule has 0 radical (unpaired) electrons. The molecule has 2 atom stereocenters. The van der Waals surface area contributed by atoms with Crippen LogP contribution in [0, 0.1) is 0 Å². The van der Waals surface area contributed by atoms with Crippen LogP contribution in [0.15, 0.2) is 133 Å². The number of hydrogen-bond acceptors (Lipinski definition) is 2. The molecule has 2 unspecified atom stereocenters. The van der Waals surface area contributed by atoms with Crippen molar-refractivity contribution in [3.8, 4) is 11.1 Å². The van der Waals surface area contributed by atoms with E-state index in [1.165, 1.54) is 54.7 Å². The average molecular weight is 585 g/mol. The highest BCUT2D eigenvalue weighted by Gasteiger charge is 2.18. The number of anilines is 2. The van der Waals surface area contributed by atoms with E-state index < -0.39 is 0 Å². The second kappa shape index (κ2) is 13.5. The first-order chi connectivity index (χ1) is 20.7. The highest BCUT2D eigenvalue weighted by molar-refractivity contribution is 7.65. The molecule has 0 aliphatic carbocycles. The number of nitrogens with one attached hydrogen (secondary N) is 2. The smallest absolute Gasteiger partial charge is 0.0427 e. The van der Waals surface area contributed by atoms with Crippen molar-refractivity contribution in [2.75, 3.05) is 49.4 Å². The van der Waals surface area contributed by atoms with E-state index in [2.05, 4.69) is 157 Å². The quantitative estimate of drug-likeness (QED) is 0.148. The Kier molecular flexibility index (Phi) is 9.15. The summed E-state index contributed by atoms with van der Waals surface area (Å²) < 4.78 is 0. The van der Waals surface area contributed by atoms with Gasteiger partial charge in [0.2, 0.25) is 0 Å². The molecule has 0 aromatic heterocycles. The van der Waals surface area contributed by atoms with Gasteiger partial charge in [-0.3, -0.25) is 0 Å². The number of fused-ring (bicyclic) bond motifs is 2. The first kappa shape index (κ1) is 28.4. The van der Waals surface area contributed by atoms with Gasteiger partial charge in [0, 0.05) is 35.6 Å². The van der Waals surface area contributed by atoms with Crippen LogP contribution in [0.5, 0.6) is 0 Å². The van der Waals surface area contributed by atoms with Gasteiger partial charge >= 0.3 is 0 Å². The molecule has 2 nitrogen and oxygen atoms in total. The zero-order valence-corrected chi connectivity index (χ0v) is 26.2. The molecule has 210 valence electrons. The highest BCUT2D eigenvalue weighted by Crippen LogP contribution is 2.44. The molecular formula is C38H38N2P2. The Hall–Kier alpha value is -3.70. The second-order valence-corrected chi connectivity index (χ2v) is 15.5. The van der Waals surface area contributed by atoms with E-state index >= 15 is 0 Å². The van der Waals surface area contributed by atoms with Crippen LogP contribution >= 0.6 is 15.8 Å². The Morgan fingerprint density at radius 3 is 1.24 bits per heavy atom. The fourth-order valence-electron chi connectivity index (χ4n) is 5.72. The summed E-state index contributed by atoms with van der Waals surface area (Å²) in [6, 6.07) is 48.6. The topological polar surface area (TPSA) is 24.1 Å². The summed E-state index contributed by atoms with van der Waals surface area (Å²) in [5, 5.41) is 15.8. The lowest BCUT2D eigenvalue weighted by Gasteiger charge is -2.22. The van der Waals surface area contributed by atoms with Gasteiger partial charge in [0.05, 0.1) is 0 Å². The molecule has 0 spiro atoms. The molecule has 0 aliphatic heterocycles. The van der Waals surface area contributed by atoms with Crippen molar-refractivity contribution in [1.29, 1.82) is 0 Å². The fraction of sp³-hybridized carbons (Fsp3) is 0.158. The molecule has 0 saturated carbocycles. The molecule has 0 bridgehead atoms. The van der Waals surface area contributed by atoms with Crippen LogP contribution in [0.3, 0.4) is 0 Å². The lowest BCUT2D eigenvalue weighted by molar-refractivity contribution is 1.22. The largest absolute Gasteiger partial charge is 0.384 e. The molecular weight excluding hydrogens is 546 g/mol. The molecule has 0 saturated heterocycles. The first-order valence-corrected chi connectivity index (χ1v) is 18.7. The maximum absolute atomic E-state index is 3.88. The Labute approximate surface area is 252 Å². The molecule has 0 heterocycles. The molecule has 0 fully saturated rings. The van der Waals surface area contributed by atoms with Gasteiger partial charge in [-0.15, -0.1) is 0 Å². The summed E-state index contributed by atoms with van der Waals surface area (Å²) in [5.74, 6) is 0. The van der Waals surface area contributed by atoms with Crippen molar-refractivity contribution in [2.45, 2.75) is 0 Å².